The molecule has 0 aliphatic carbocycles. The maximum atomic E-state index is 10.8. The number of ether oxygens (including phenoxy) is 1. The van der Waals surface area contributed by atoms with Gasteiger partial charge in [-0.05, 0) is 24.7 Å². The van der Waals surface area contributed by atoms with Crippen molar-refractivity contribution in [3.8, 4) is 5.75 Å². The van der Waals surface area contributed by atoms with Crippen molar-refractivity contribution in [3.63, 3.8) is 0 Å². The average Bonchev–Trinajstić information content (AvgIpc) is 2.97. The van der Waals surface area contributed by atoms with Crippen LogP contribution in [0.2, 0.25) is 5.02 Å². The standard InChI is InChI=1S/C14H16ClN5O3S/c1-23-13-7-11(20(21)22)3-4-12(13)18-14(24)16-5-2-6-19-9-10(15)8-17-19/h3-4,7-9H,2,5-6H2,1H3,(H2,16,18,24). The molecule has 0 unspecified atom stereocenters. The molecule has 0 fully saturated rings. The fraction of sp³-hybridized carbons (Fsp3) is 0.286. The van der Waals surface area contributed by atoms with Crippen LogP contribution in [-0.4, -0.2) is 33.5 Å². The Morgan fingerprint density at radius 3 is 2.96 bits per heavy atom. The lowest BCUT2D eigenvalue weighted by Crippen LogP contribution is -2.30. The minimum absolute atomic E-state index is 0.0471. The van der Waals surface area contributed by atoms with E-state index in [1.807, 2.05) is 0 Å². The van der Waals surface area contributed by atoms with Crippen molar-refractivity contribution in [1.82, 2.24) is 15.1 Å². The van der Waals surface area contributed by atoms with Gasteiger partial charge < -0.3 is 15.4 Å². The van der Waals surface area contributed by atoms with E-state index >= 15 is 0 Å². The Bertz CT molecular complexity index is 737. The molecule has 128 valence electrons. The van der Waals surface area contributed by atoms with Crippen molar-refractivity contribution in [2.75, 3.05) is 19.0 Å². The van der Waals surface area contributed by atoms with Crippen LogP contribution >= 0.6 is 23.8 Å². The van der Waals surface area contributed by atoms with E-state index in [0.717, 1.165) is 6.42 Å². The predicted octanol–water partition coefficient (Wildman–Crippen LogP) is 2.83. The van der Waals surface area contributed by atoms with Gasteiger partial charge in [0, 0.05) is 25.4 Å². The average molecular weight is 370 g/mol. The first-order chi connectivity index (χ1) is 11.5. The predicted molar refractivity (Wildman–Crippen MR) is 95.7 cm³/mol. The van der Waals surface area contributed by atoms with Gasteiger partial charge in [-0.1, -0.05) is 11.6 Å². The van der Waals surface area contributed by atoms with E-state index in [0.29, 0.717) is 34.7 Å². The molecule has 0 radical (unpaired) electrons. The van der Waals surface area contributed by atoms with Crippen LogP contribution in [0.15, 0.2) is 30.6 Å². The number of rotatable bonds is 7. The molecule has 8 nitrogen and oxygen atoms in total. The number of nitrogens with one attached hydrogen (secondary N) is 2. The second kappa shape index (κ2) is 8.46. The first-order valence-electron chi connectivity index (χ1n) is 7.05. The van der Waals surface area contributed by atoms with Gasteiger partial charge in [-0.25, -0.2) is 0 Å². The lowest BCUT2D eigenvalue weighted by atomic mass is 10.2. The molecule has 1 heterocycles. The zero-order valence-corrected chi connectivity index (χ0v) is 14.4. The summed E-state index contributed by atoms with van der Waals surface area (Å²) in [6.45, 7) is 1.35. The second-order valence-corrected chi connectivity index (χ2v) is 5.64. The number of non-ortho nitro benzene ring substituents is 1. The number of nitro benzene ring substituents is 1. The van der Waals surface area contributed by atoms with Gasteiger partial charge in [0.1, 0.15) is 5.75 Å². The number of halogens is 1. The summed E-state index contributed by atoms with van der Waals surface area (Å²) < 4.78 is 6.89. The highest BCUT2D eigenvalue weighted by Gasteiger charge is 2.12. The second-order valence-electron chi connectivity index (χ2n) is 4.80. The summed E-state index contributed by atoms with van der Waals surface area (Å²) in [5, 5.41) is 21.9. The molecule has 0 bridgehead atoms. The number of benzene rings is 1. The molecule has 0 amide bonds. The van der Waals surface area contributed by atoms with Crippen LogP contribution in [0.25, 0.3) is 0 Å². The molecule has 0 saturated heterocycles. The smallest absolute Gasteiger partial charge is 0.273 e. The minimum Gasteiger partial charge on any atom is -0.494 e. The van der Waals surface area contributed by atoms with Crippen LogP contribution in [0.5, 0.6) is 5.75 Å². The Morgan fingerprint density at radius 2 is 2.33 bits per heavy atom. The van der Waals surface area contributed by atoms with Crippen molar-refractivity contribution >= 4 is 40.3 Å². The summed E-state index contributed by atoms with van der Waals surface area (Å²) in [5.74, 6) is 0.347. The van der Waals surface area contributed by atoms with Crippen LogP contribution < -0.4 is 15.4 Å². The summed E-state index contributed by atoms with van der Waals surface area (Å²) in [4.78, 5) is 10.3. The Balaban J connectivity index is 1.82. The maximum absolute atomic E-state index is 10.8. The van der Waals surface area contributed by atoms with Crippen LogP contribution in [0.1, 0.15) is 6.42 Å². The molecule has 0 aliphatic rings. The highest BCUT2D eigenvalue weighted by Crippen LogP contribution is 2.28. The number of thiocarbonyl (C=S) groups is 1. The van der Waals surface area contributed by atoms with E-state index in [9.17, 15) is 10.1 Å². The molecule has 1 aromatic heterocycles. The van der Waals surface area contributed by atoms with E-state index < -0.39 is 4.92 Å². The molecule has 1 aromatic carbocycles. The molecule has 0 atom stereocenters. The summed E-state index contributed by atoms with van der Waals surface area (Å²) in [7, 11) is 1.44. The minimum atomic E-state index is -0.482. The number of methoxy groups -OCH3 is 1. The van der Waals surface area contributed by atoms with Gasteiger partial charge in [0.05, 0.1) is 35.0 Å². The molecule has 2 aromatic rings. The largest absolute Gasteiger partial charge is 0.494 e. The molecule has 0 spiro atoms. The van der Waals surface area contributed by atoms with Crippen LogP contribution in [-0.2, 0) is 6.54 Å². The maximum Gasteiger partial charge on any atom is 0.273 e. The fourth-order valence-electron chi connectivity index (χ4n) is 1.97. The number of anilines is 1. The lowest BCUT2D eigenvalue weighted by molar-refractivity contribution is -0.384. The monoisotopic (exact) mass is 369 g/mol. The van der Waals surface area contributed by atoms with Gasteiger partial charge in [-0.15, -0.1) is 0 Å². The number of aromatic nitrogens is 2. The summed E-state index contributed by atoms with van der Waals surface area (Å²) in [6.07, 6.45) is 4.14. The van der Waals surface area contributed by atoms with E-state index in [-0.39, 0.29) is 5.69 Å². The van der Waals surface area contributed by atoms with Crippen LogP contribution in [0, 0.1) is 10.1 Å². The van der Waals surface area contributed by atoms with Gasteiger partial charge in [0.2, 0.25) is 0 Å². The van der Waals surface area contributed by atoms with Gasteiger partial charge in [-0.2, -0.15) is 5.10 Å². The van der Waals surface area contributed by atoms with E-state index in [1.54, 1.807) is 23.1 Å². The Hall–Kier alpha value is -2.39. The first kappa shape index (κ1) is 18.0. The van der Waals surface area contributed by atoms with E-state index in [2.05, 4.69) is 15.7 Å². The highest BCUT2D eigenvalue weighted by molar-refractivity contribution is 7.80. The molecule has 24 heavy (non-hydrogen) atoms. The van der Waals surface area contributed by atoms with Crippen molar-refractivity contribution in [1.29, 1.82) is 0 Å². The number of aryl methyl sites for hydroxylation is 1. The molecule has 0 aliphatic heterocycles. The van der Waals surface area contributed by atoms with Gasteiger partial charge in [0.25, 0.3) is 5.69 Å². The number of nitrogens with zero attached hydrogens (tertiary/aromatic N) is 3. The molecule has 2 rings (SSSR count). The fourth-order valence-corrected chi connectivity index (χ4v) is 2.34. The van der Waals surface area contributed by atoms with Crippen molar-refractivity contribution in [2.45, 2.75) is 13.0 Å². The van der Waals surface area contributed by atoms with E-state index in [4.69, 9.17) is 28.6 Å². The Labute approximate surface area is 148 Å². The molecule has 2 N–H and O–H groups in total. The first-order valence-corrected chi connectivity index (χ1v) is 7.83. The summed E-state index contributed by atoms with van der Waals surface area (Å²) in [6, 6.07) is 4.28. The SMILES string of the molecule is COc1cc([N+](=O)[O-])ccc1NC(=S)NCCCn1cc(Cl)cn1. The normalized spacial score (nSPS) is 10.2. The van der Waals surface area contributed by atoms with Crippen molar-refractivity contribution < 1.29 is 9.66 Å². The zero-order chi connectivity index (χ0) is 17.5. The Kier molecular flexibility index (Phi) is 6.33. The topological polar surface area (TPSA) is 94.3 Å². The molecular formula is C14H16ClN5O3S. The van der Waals surface area contributed by atoms with Gasteiger partial charge in [0.15, 0.2) is 5.11 Å². The molecular weight excluding hydrogens is 354 g/mol. The third-order valence-corrected chi connectivity index (χ3v) is 3.54. The highest BCUT2D eigenvalue weighted by atomic mass is 35.5. The van der Waals surface area contributed by atoms with E-state index in [1.165, 1.54) is 19.2 Å². The van der Waals surface area contributed by atoms with Crippen LogP contribution in [0.4, 0.5) is 11.4 Å². The molecule has 0 saturated carbocycles. The summed E-state index contributed by atoms with van der Waals surface area (Å²) in [5.41, 5.74) is 0.508. The summed E-state index contributed by atoms with van der Waals surface area (Å²) >= 11 is 11.0. The lowest BCUT2D eigenvalue weighted by Gasteiger charge is -2.13. The third kappa shape index (κ3) is 5.07. The number of nitro groups is 1. The van der Waals surface area contributed by atoms with Crippen molar-refractivity contribution in [3.05, 3.63) is 45.7 Å². The zero-order valence-electron chi connectivity index (χ0n) is 12.9. The number of hydrogen-bond donors (Lipinski definition) is 2. The number of hydrogen-bond acceptors (Lipinski definition) is 5. The third-order valence-electron chi connectivity index (χ3n) is 3.10. The quantitative estimate of drug-likeness (QED) is 0.335. The van der Waals surface area contributed by atoms with Crippen LogP contribution in [0.3, 0.4) is 0 Å². The molecule has 10 heteroatoms. The van der Waals surface area contributed by atoms with Crippen molar-refractivity contribution in [2.24, 2.45) is 0 Å². The Morgan fingerprint density at radius 1 is 1.54 bits per heavy atom. The van der Waals surface area contributed by atoms with Gasteiger partial charge in [-0.3, -0.25) is 14.8 Å². The van der Waals surface area contributed by atoms with Gasteiger partial charge >= 0.3 is 0 Å².